The van der Waals surface area contributed by atoms with Gasteiger partial charge in [-0.05, 0) is 54.4 Å². The number of benzene rings is 2. The van der Waals surface area contributed by atoms with Crippen molar-refractivity contribution >= 4 is 17.5 Å². The summed E-state index contributed by atoms with van der Waals surface area (Å²) in [4.78, 5) is 6.65. The first-order valence-corrected chi connectivity index (χ1v) is 11.7. The maximum Gasteiger partial charge on any atom is 0.236 e. The van der Waals surface area contributed by atoms with Crippen molar-refractivity contribution in [3.63, 3.8) is 0 Å². The Morgan fingerprint density at radius 3 is 2.27 bits per heavy atom. The molecule has 174 valence electrons. The molecule has 33 heavy (non-hydrogen) atoms. The minimum atomic E-state index is 0.119. The average Bonchev–Trinajstić information content (AvgIpc) is 3.23. The second kappa shape index (κ2) is 11.7. The van der Waals surface area contributed by atoms with E-state index < -0.39 is 0 Å². The predicted molar refractivity (Wildman–Crippen MR) is 132 cm³/mol. The fraction of sp³-hybridized carbons (Fsp3) is 0.385. The van der Waals surface area contributed by atoms with Gasteiger partial charge in [-0.1, -0.05) is 63.6 Å². The second-order valence-electron chi connectivity index (χ2n) is 8.08. The number of nitrogens with one attached hydrogen (secondary N) is 1. The van der Waals surface area contributed by atoms with Crippen LogP contribution in [-0.4, -0.2) is 29.5 Å². The van der Waals surface area contributed by atoms with Crippen molar-refractivity contribution in [1.29, 1.82) is 5.26 Å². The highest BCUT2D eigenvalue weighted by molar-refractivity contribution is 6.30. The Labute approximate surface area is 201 Å². The van der Waals surface area contributed by atoms with Crippen LogP contribution >= 0.6 is 11.6 Å². The van der Waals surface area contributed by atoms with Crippen LogP contribution in [0.2, 0.25) is 5.02 Å². The van der Waals surface area contributed by atoms with Gasteiger partial charge >= 0.3 is 0 Å². The van der Waals surface area contributed by atoms with E-state index in [1.807, 2.05) is 0 Å². The lowest BCUT2D eigenvalue weighted by atomic mass is 9.98. The number of aromatic nitrogens is 1. The van der Waals surface area contributed by atoms with Crippen molar-refractivity contribution in [2.75, 3.05) is 25.0 Å². The van der Waals surface area contributed by atoms with E-state index in [1.54, 1.807) is 24.3 Å². The molecule has 0 spiro atoms. The number of rotatable bonds is 11. The van der Waals surface area contributed by atoms with Crippen molar-refractivity contribution in [1.82, 2.24) is 9.88 Å². The van der Waals surface area contributed by atoms with Crippen molar-refractivity contribution in [3.8, 4) is 11.8 Å². The number of nitriles is 1. The summed E-state index contributed by atoms with van der Waals surface area (Å²) in [6.45, 7) is 11.2. The Balaban J connectivity index is 1.72. The SMILES string of the molecule is CCN(CC)[C@@H](CNc1oc(COc2ccc(Cl)cc2)nc1C#N)c1ccc(C(C)C)cc1. The van der Waals surface area contributed by atoms with Gasteiger partial charge in [0.2, 0.25) is 17.5 Å². The molecule has 0 aliphatic carbocycles. The maximum absolute atomic E-state index is 9.54. The van der Waals surface area contributed by atoms with Crippen molar-refractivity contribution < 1.29 is 9.15 Å². The number of ether oxygens (including phenoxy) is 1. The van der Waals surface area contributed by atoms with Gasteiger partial charge in [-0.3, -0.25) is 4.90 Å². The highest BCUT2D eigenvalue weighted by Crippen LogP contribution is 2.26. The molecular formula is C26H31ClN4O2. The van der Waals surface area contributed by atoms with E-state index in [4.69, 9.17) is 20.8 Å². The summed E-state index contributed by atoms with van der Waals surface area (Å²) < 4.78 is 11.5. The molecule has 0 radical (unpaired) electrons. The quantitative estimate of drug-likeness (QED) is 0.352. The van der Waals surface area contributed by atoms with Crippen molar-refractivity contribution in [2.24, 2.45) is 0 Å². The topological polar surface area (TPSA) is 74.3 Å². The van der Waals surface area contributed by atoms with Crippen LogP contribution in [0.4, 0.5) is 5.88 Å². The Morgan fingerprint density at radius 2 is 1.70 bits per heavy atom. The number of anilines is 1. The van der Waals surface area contributed by atoms with Crippen LogP contribution in [0.3, 0.4) is 0 Å². The number of hydrogen-bond acceptors (Lipinski definition) is 6. The number of nitrogens with zero attached hydrogens (tertiary/aromatic N) is 3. The molecular weight excluding hydrogens is 436 g/mol. The molecule has 0 fully saturated rings. The zero-order valence-corrected chi connectivity index (χ0v) is 20.4. The van der Waals surface area contributed by atoms with E-state index in [2.05, 4.69) is 73.2 Å². The molecule has 2 aromatic carbocycles. The molecule has 0 aliphatic rings. The van der Waals surface area contributed by atoms with Crippen LogP contribution in [0.15, 0.2) is 52.9 Å². The Kier molecular flexibility index (Phi) is 8.76. The summed E-state index contributed by atoms with van der Waals surface area (Å²) in [5.41, 5.74) is 2.76. The summed E-state index contributed by atoms with van der Waals surface area (Å²) in [6, 6.07) is 18.1. The number of halogens is 1. The Morgan fingerprint density at radius 1 is 1.06 bits per heavy atom. The molecule has 0 aliphatic heterocycles. The van der Waals surface area contributed by atoms with E-state index in [9.17, 15) is 5.26 Å². The van der Waals surface area contributed by atoms with Crippen molar-refractivity contribution in [2.45, 2.75) is 46.3 Å². The van der Waals surface area contributed by atoms with E-state index >= 15 is 0 Å². The van der Waals surface area contributed by atoms with Gasteiger partial charge in [-0.2, -0.15) is 10.2 Å². The molecule has 6 nitrogen and oxygen atoms in total. The van der Waals surface area contributed by atoms with Gasteiger partial charge in [0.05, 0.1) is 6.04 Å². The van der Waals surface area contributed by atoms with E-state index in [-0.39, 0.29) is 18.3 Å². The standard InChI is InChI=1S/C26H31ClN4O2/c1-5-31(6-2)24(20-9-7-19(8-10-20)18(3)4)16-29-26-23(15-28)30-25(33-26)17-32-22-13-11-21(27)12-14-22/h7-14,18,24,29H,5-6,16-17H2,1-4H3/t24-/m0/s1. The molecule has 1 N–H and O–H groups in total. The summed E-state index contributed by atoms with van der Waals surface area (Å²) in [7, 11) is 0. The molecule has 1 aromatic heterocycles. The lowest BCUT2D eigenvalue weighted by molar-refractivity contribution is 0.227. The van der Waals surface area contributed by atoms with Gasteiger partial charge in [-0.25, -0.2) is 0 Å². The number of hydrogen-bond donors (Lipinski definition) is 1. The molecule has 7 heteroatoms. The third kappa shape index (κ3) is 6.50. The van der Waals surface area contributed by atoms with Gasteiger partial charge in [0.1, 0.15) is 11.8 Å². The molecule has 0 saturated heterocycles. The molecule has 3 rings (SSSR count). The first-order chi connectivity index (χ1) is 15.9. The minimum Gasteiger partial charge on any atom is -0.484 e. The van der Waals surface area contributed by atoms with Crippen LogP contribution in [-0.2, 0) is 6.61 Å². The zero-order valence-electron chi connectivity index (χ0n) is 19.6. The summed E-state index contributed by atoms with van der Waals surface area (Å²) >= 11 is 5.91. The lowest BCUT2D eigenvalue weighted by Crippen LogP contribution is -2.33. The maximum atomic E-state index is 9.54. The van der Waals surface area contributed by atoms with E-state index in [1.165, 1.54) is 11.1 Å². The number of oxazole rings is 1. The molecule has 1 heterocycles. The van der Waals surface area contributed by atoms with E-state index in [0.29, 0.717) is 35.0 Å². The highest BCUT2D eigenvalue weighted by atomic mass is 35.5. The summed E-state index contributed by atoms with van der Waals surface area (Å²) in [5, 5.41) is 13.5. The molecule has 1 atom stereocenters. The van der Waals surface area contributed by atoms with E-state index in [0.717, 1.165) is 13.1 Å². The summed E-state index contributed by atoms with van der Waals surface area (Å²) in [6.07, 6.45) is 0. The zero-order chi connectivity index (χ0) is 23.8. The van der Waals surface area contributed by atoms with Gasteiger partial charge in [-0.15, -0.1) is 0 Å². The third-order valence-electron chi connectivity index (χ3n) is 5.65. The van der Waals surface area contributed by atoms with Gasteiger partial charge in [0, 0.05) is 11.6 Å². The van der Waals surface area contributed by atoms with Crippen molar-refractivity contribution in [3.05, 3.63) is 76.3 Å². The second-order valence-corrected chi connectivity index (χ2v) is 8.52. The first kappa shape index (κ1) is 24.6. The first-order valence-electron chi connectivity index (χ1n) is 11.3. The van der Waals surface area contributed by atoms with Crippen LogP contribution in [0.5, 0.6) is 5.75 Å². The van der Waals surface area contributed by atoms with Gasteiger partial charge < -0.3 is 14.5 Å². The van der Waals surface area contributed by atoms with Crippen LogP contribution in [0, 0.1) is 11.3 Å². The molecule has 3 aromatic rings. The highest BCUT2D eigenvalue weighted by Gasteiger charge is 2.21. The average molecular weight is 467 g/mol. The Hall–Kier alpha value is -3.01. The molecule has 0 saturated carbocycles. The molecule has 0 unspecified atom stereocenters. The predicted octanol–water partition coefficient (Wildman–Crippen LogP) is 6.40. The van der Waals surface area contributed by atoms with Gasteiger partial charge in [0.25, 0.3) is 0 Å². The normalized spacial score (nSPS) is 12.1. The van der Waals surface area contributed by atoms with Crippen LogP contribution in [0.25, 0.3) is 0 Å². The molecule has 0 amide bonds. The minimum absolute atomic E-state index is 0.119. The smallest absolute Gasteiger partial charge is 0.236 e. The summed E-state index contributed by atoms with van der Waals surface area (Å²) in [5.74, 6) is 1.84. The Bertz CT molecular complexity index is 1050. The van der Waals surface area contributed by atoms with Crippen LogP contribution < -0.4 is 10.1 Å². The lowest BCUT2D eigenvalue weighted by Gasteiger charge is -2.30. The monoisotopic (exact) mass is 466 g/mol. The fourth-order valence-electron chi connectivity index (χ4n) is 3.71. The number of likely N-dealkylation sites (N-methyl/N-ethyl adjacent to an activating group) is 1. The largest absolute Gasteiger partial charge is 0.484 e. The van der Waals surface area contributed by atoms with Crippen LogP contribution in [0.1, 0.15) is 62.4 Å². The fourth-order valence-corrected chi connectivity index (χ4v) is 3.84. The van der Waals surface area contributed by atoms with Gasteiger partial charge in [0.15, 0.2) is 6.61 Å². The third-order valence-corrected chi connectivity index (χ3v) is 5.90. The molecule has 0 bridgehead atoms.